The Balaban J connectivity index is 1.90. The number of hydrogen-bond donors (Lipinski definition) is 1. The summed E-state index contributed by atoms with van der Waals surface area (Å²) in [6, 6.07) is 6.91. The van der Waals surface area contributed by atoms with Crippen molar-refractivity contribution in [3.05, 3.63) is 53.1 Å². The van der Waals surface area contributed by atoms with Crippen LogP contribution in [0.3, 0.4) is 0 Å². The topological polar surface area (TPSA) is 75.3 Å². The highest BCUT2D eigenvalue weighted by Crippen LogP contribution is 2.26. The first-order chi connectivity index (χ1) is 11.8. The van der Waals surface area contributed by atoms with Crippen molar-refractivity contribution in [2.75, 3.05) is 7.11 Å². The minimum Gasteiger partial charge on any atom is -0.467 e. The SMILES string of the molecule is COC(=O)C1Cc2nc[nH]c2CN1C(=O)c1ccc(C(C)(C)C)cc1. The van der Waals surface area contributed by atoms with Crippen LogP contribution in [0.2, 0.25) is 0 Å². The number of fused-ring (bicyclic) bond motifs is 1. The fourth-order valence-corrected chi connectivity index (χ4v) is 3.07. The summed E-state index contributed by atoms with van der Waals surface area (Å²) < 4.78 is 4.89. The van der Waals surface area contributed by atoms with Gasteiger partial charge in [0.2, 0.25) is 0 Å². The quantitative estimate of drug-likeness (QED) is 0.852. The Kier molecular flexibility index (Phi) is 4.37. The van der Waals surface area contributed by atoms with Crippen LogP contribution < -0.4 is 0 Å². The van der Waals surface area contributed by atoms with Crippen molar-refractivity contribution >= 4 is 11.9 Å². The monoisotopic (exact) mass is 341 g/mol. The van der Waals surface area contributed by atoms with E-state index < -0.39 is 12.0 Å². The van der Waals surface area contributed by atoms with Crippen molar-refractivity contribution in [1.82, 2.24) is 14.9 Å². The van der Waals surface area contributed by atoms with Gasteiger partial charge in [0.15, 0.2) is 0 Å². The molecule has 1 aliphatic heterocycles. The first-order valence-electron chi connectivity index (χ1n) is 8.31. The molecular weight excluding hydrogens is 318 g/mol. The molecule has 0 saturated heterocycles. The number of ether oxygens (including phenoxy) is 1. The molecule has 25 heavy (non-hydrogen) atoms. The molecule has 0 fully saturated rings. The predicted octanol–water partition coefficient (Wildman–Crippen LogP) is 2.45. The number of aromatic nitrogens is 2. The third-order valence-corrected chi connectivity index (χ3v) is 4.63. The Bertz CT molecular complexity index is 787. The van der Waals surface area contributed by atoms with Crippen molar-refractivity contribution in [2.24, 2.45) is 0 Å². The summed E-state index contributed by atoms with van der Waals surface area (Å²) in [5.41, 5.74) is 3.40. The van der Waals surface area contributed by atoms with Crippen LogP contribution in [0, 0.1) is 0 Å². The van der Waals surface area contributed by atoms with Crippen LogP contribution in [-0.4, -0.2) is 39.9 Å². The third kappa shape index (κ3) is 3.29. The van der Waals surface area contributed by atoms with Crippen molar-refractivity contribution in [3.8, 4) is 0 Å². The number of carbonyl (C=O) groups excluding carboxylic acids is 2. The highest BCUT2D eigenvalue weighted by Gasteiger charge is 2.37. The van der Waals surface area contributed by atoms with E-state index in [2.05, 4.69) is 30.7 Å². The first kappa shape index (κ1) is 17.2. The summed E-state index contributed by atoms with van der Waals surface area (Å²) in [5, 5.41) is 0. The van der Waals surface area contributed by atoms with E-state index in [1.807, 2.05) is 24.3 Å². The van der Waals surface area contributed by atoms with E-state index in [-0.39, 0.29) is 11.3 Å². The molecule has 1 aromatic heterocycles. The van der Waals surface area contributed by atoms with Gasteiger partial charge < -0.3 is 14.6 Å². The third-order valence-electron chi connectivity index (χ3n) is 4.63. The molecule has 0 spiro atoms. The number of nitrogens with zero attached hydrogens (tertiary/aromatic N) is 2. The van der Waals surface area contributed by atoms with E-state index in [0.29, 0.717) is 18.5 Å². The lowest BCUT2D eigenvalue weighted by molar-refractivity contribution is -0.146. The number of amides is 1. The molecule has 0 aliphatic carbocycles. The zero-order chi connectivity index (χ0) is 18.2. The van der Waals surface area contributed by atoms with Gasteiger partial charge in [0.05, 0.1) is 31.4 Å². The number of nitrogens with one attached hydrogen (secondary N) is 1. The lowest BCUT2D eigenvalue weighted by Gasteiger charge is -2.33. The second-order valence-corrected chi connectivity index (χ2v) is 7.33. The standard InChI is InChI=1S/C19H23N3O3/c1-19(2,3)13-7-5-12(6-8-13)17(23)22-10-15-14(20-11-21-15)9-16(22)18(24)25-4/h5-8,11,16H,9-10H2,1-4H3,(H,20,21). The minimum absolute atomic E-state index is 0.0199. The summed E-state index contributed by atoms with van der Waals surface area (Å²) in [6.07, 6.45) is 1.95. The second kappa shape index (κ2) is 6.35. The normalized spacial score (nSPS) is 17.1. The zero-order valence-corrected chi connectivity index (χ0v) is 15.0. The van der Waals surface area contributed by atoms with Gasteiger partial charge in [0.25, 0.3) is 5.91 Å². The molecule has 1 aliphatic rings. The highest BCUT2D eigenvalue weighted by molar-refractivity contribution is 5.97. The molecule has 2 heterocycles. The van der Waals surface area contributed by atoms with Crippen molar-refractivity contribution in [1.29, 1.82) is 0 Å². The molecule has 0 radical (unpaired) electrons. The van der Waals surface area contributed by atoms with E-state index in [1.165, 1.54) is 7.11 Å². The number of methoxy groups -OCH3 is 1. The molecule has 132 valence electrons. The molecule has 0 bridgehead atoms. The van der Waals surface area contributed by atoms with Crippen LogP contribution in [0.5, 0.6) is 0 Å². The molecule has 2 aromatic rings. The van der Waals surface area contributed by atoms with E-state index in [9.17, 15) is 9.59 Å². The lowest BCUT2D eigenvalue weighted by atomic mass is 9.86. The summed E-state index contributed by atoms with van der Waals surface area (Å²) >= 11 is 0. The Morgan fingerprint density at radius 1 is 1.24 bits per heavy atom. The van der Waals surface area contributed by atoms with E-state index in [0.717, 1.165) is 17.0 Å². The number of H-pyrrole nitrogens is 1. The predicted molar refractivity (Wildman–Crippen MR) is 93.1 cm³/mol. The first-order valence-corrected chi connectivity index (χ1v) is 8.31. The van der Waals surface area contributed by atoms with Crippen LogP contribution in [0.1, 0.15) is 48.1 Å². The van der Waals surface area contributed by atoms with Crippen LogP contribution in [0.4, 0.5) is 0 Å². The maximum absolute atomic E-state index is 13.0. The fraction of sp³-hybridized carbons (Fsp3) is 0.421. The van der Waals surface area contributed by atoms with Gasteiger partial charge in [-0.1, -0.05) is 32.9 Å². The second-order valence-electron chi connectivity index (χ2n) is 7.33. The molecule has 6 nitrogen and oxygen atoms in total. The van der Waals surface area contributed by atoms with E-state index in [4.69, 9.17) is 4.74 Å². The van der Waals surface area contributed by atoms with Gasteiger partial charge in [0, 0.05) is 12.0 Å². The summed E-state index contributed by atoms with van der Waals surface area (Å²) in [5.74, 6) is -0.607. The van der Waals surface area contributed by atoms with Crippen LogP contribution in [0.15, 0.2) is 30.6 Å². The fourth-order valence-electron chi connectivity index (χ4n) is 3.07. The van der Waals surface area contributed by atoms with Gasteiger partial charge in [0.1, 0.15) is 6.04 Å². The Morgan fingerprint density at radius 2 is 1.92 bits per heavy atom. The number of benzene rings is 1. The summed E-state index contributed by atoms with van der Waals surface area (Å²) in [4.78, 5) is 34.0. The number of rotatable bonds is 2. The van der Waals surface area contributed by atoms with E-state index >= 15 is 0 Å². The molecule has 1 amide bonds. The van der Waals surface area contributed by atoms with Crippen LogP contribution in [-0.2, 0) is 27.9 Å². The lowest BCUT2D eigenvalue weighted by Crippen LogP contribution is -2.49. The van der Waals surface area contributed by atoms with E-state index in [1.54, 1.807) is 11.2 Å². The molecule has 6 heteroatoms. The molecule has 1 unspecified atom stereocenters. The Labute approximate surface area is 147 Å². The van der Waals surface area contributed by atoms with Crippen molar-refractivity contribution < 1.29 is 14.3 Å². The van der Waals surface area contributed by atoms with Crippen molar-refractivity contribution in [3.63, 3.8) is 0 Å². The van der Waals surface area contributed by atoms with Gasteiger partial charge >= 0.3 is 5.97 Å². The molecule has 1 atom stereocenters. The number of aromatic amines is 1. The minimum atomic E-state index is -0.657. The molecule has 1 aromatic carbocycles. The molecule has 0 saturated carbocycles. The Morgan fingerprint density at radius 3 is 2.52 bits per heavy atom. The van der Waals surface area contributed by atoms with Gasteiger partial charge in [-0.15, -0.1) is 0 Å². The van der Waals surface area contributed by atoms with Gasteiger partial charge in [-0.2, -0.15) is 0 Å². The number of carbonyl (C=O) groups is 2. The highest BCUT2D eigenvalue weighted by atomic mass is 16.5. The van der Waals surface area contributed by atoms with Crippen LogP contribution in [0.25, 0.3) is 0 Å². The maximum atomic E-state index is 13.0. The number of hydrogen-bond acceptors (Lipinski definition) is 4. The summed E-state index contributed by atoms with van der Waals surface area (Å²) in [7, 11) is 1.34. The maximum Gasteiger partial charge on any atom is 0.329 e. The molecule has 3 rings (SSSR count). The van der Waals surface area contributed by atoms with Crippen molar-refractivity contribution in [2.45, 2.75) is 45.2 Å². The van der Waals surface area contributed by atoms with Gasteiger partial charge in [-0.25, -0.2) is 9.78 Å². The largest absolute Gasteiger partial charge is 0.467 e. The van der Waals surface area contributed by atoms with Crippen LogP contribution >= 0.6 is 0 Å². The smallest absolute Gasteiger partial charge is 0.329 e. The van der Waals surface area contributed by atoms with Gasteiger partial charge in [-0.05, 0) is 23.1 Å². The number of esters is 1. The molecule has 1 N–H and O–H groups in total. The zero-order valence-electron chi connectivity index (χ0n) is 15.0. The number of imidazole rings is 1. The molecular formula is C19H23N3O3. The van der Waals surface area contributed by atoms with Gasteiger partial charge in [-0.3, -0.25) is 4.79 Å². The Hall–Kier alpha value is -2.63. The summed E-state index contributed by atoms with van der Waals surface area (Å²) in [6.45, 7) is 6.69. The average Bonchev–Trinajstić information content (AvgIpc) is 3.06. The average molecular weight is 341 g/mol.